The summed E-state index contributed by atoms with van der Waals surface area (Å²) in [5, 5.41) is 17.9. The Morgan fingerprint density at radius 1 is 1.28 bits per heavy atom. The summed E-state index contributed by atoms with van der Waals surface area (Å²) >= 11 is 0. The van der Waals surface area contributed by atoms with Crippen LogP contribution in [0.25, 0.3) is 5.69 Å². The second-order valence-electron chi connectivity index (χ2n) is 7.01. The number of benzene rings is 1. The molecule has 1 N–H and O–H groups in total. The molecule has 2 heterocycles. The van der Waals surface area contributed by atoms with E-state index in [9.17, 15) is 14.7 Å². The Bertz CT molecular complexity index is 832. The van der Waals surface area contributed by atoms with Crippen molar-refractivity contribution in [3.05, 3.63) is 41.7 Å². The highest BCUT2D eigenvalue weighted by atomic mass is 16.4. The fraction of sp³-hybridized carbons (Fsp3) is 0.444. The largest absolute Gasteiger partial charge is 0.481 e. The number of rotatable bonds is 3. The van der Waals surface area contributed by atoms with E-state index < -0.39 is 11.4 Å². The Balaban J connectivity index is 1.61. The van der Waals surface area contributed by atoms with Gasteiger partial charge in [-0.3, -0.25) is 9.59 Å². The van der Waals surface area contributed by atoms with E-state index in [1.54, 1.807) is 9.58 Å². The first-order chi connectivity index (χ1) is 12.0. The number of amides is 1. The molecular weight excluding hydrogens is 320 g/mol. The number of aromatic nitrogens is 3. The topological polar surface area (TPSA) is 88.3 Å². The maximum absolute atomic E-state index is 12.9. The van der Waals surface area contributed by atoms with Crippen molar-refractivity contribution in [1.29, 1.82) is 0 Å². The molecule has 2 fully saturated rings. The zero-order valence-electron chi connectivity index (χ0n) is 14.1. The number of nitrogens with zero attached hydrogens (tertiary/aromatic N) is 4. The van der Waals surface area contributed by atoms with E-state index >= 15 is 0 Å². The first-order valence-electron chi connectivity index (χ1n) is 8.53. The molecule has 2 aliphatic rings. The Morgan fingerprint density at radius 2 is 2.04 bits per heavy atom. The maximum atomic E-state index is 12.9. The van der Waals surface area contributed by atoms with Crippen LogP contribution < -0.4 is 0 Å². The number of hydrogen-bond donors (Lipinski definition) is 1. The van der Waals surface area contributed by atoms with Gasteiger partial charge in [-0.05, 0) is 37.8 Å². The van der Waals surface area contributed by atoms with E-state index in [4.69, 9.17) is 0 Å². The molecule has 0 bridgehead atoms. The minimum absolute atomic E-state index is 0.0402. The second-order valence-corrected chi connectivity index (χ2v) is 7.01. The summed E-state index contributed by atoms with van der Waals surface area (Å²) in [6, 6.07) is 9.51. The van der Waals surface area contributed by atoms with Gasteiger partial charge in [-0.1, -0.05) is 29.8 Å². The van der Waals surface area contributed by atoms with Crippen molar-refractivity contribution in [3.63, 3.8) is 0 Å². The standard InChI is InChI=1S/C18H20N4O3/c1-12-15(19-20-22(12)14-7-3-2-4-8-14)16(23)21-10-13-6-5-9-18(13,11-21)17(24)25/h2-4,7-8,13H,5-6,9-11H2,1H3,(H,24,25)/t13-,18+/m0/s1. The highest BCUT2D eigenvalue weighted by molar-refractivity contribution is 5.94. The van der Waals surface area contributed by atoms with Crippen LogP contribution in [0, 0.1) is 18.3 Å². The molecule has 1 aromatic heterocycles. The molecule has 1 aliphatic carbocycles. The molecule has 1 saturated carbocycles. The summed E-state index contributed by atoms with van der Waals surface area (Å²) in [4.78, 5) is 26.4. The number of hydrogen-bond acceptors (Lipinski definition) is 4. The fourth-order valence-corrected chi connectivity index (χ4v) is 4.28. The number of para-hydroxylation sites is 1. The van der Waals surface area contributed by atoms with Crippen molar-refractivity contribution in [2.75, 3.05) is 13.1 Å². The van der Waals surface area contributed by atoms with E-state index in [0.29, 0.717) is 24.4 Å². The average molecular weight is 340 g/mol. The molecule has 0 radical (unpaired) electrons. The number of likely N-dealkylation sites (tertiary alicyclic amines) is 1. The lowest BCUT2D eigenvalue weighted by molar-refractivity contribution is -0.149. The van der Waals surface area contributed by atoms with Crippen molar-refractivity contribution in [2.45, 2.75) is 26.2 Å². The molecule has 7 heteroatoms. The van der Waals surface area contributed by atoms with Gasteiger partial charge in [0.05, 0.1) is 16.8 Å². The minimum Gasteiger partial charge on any atom is -0.481 e. The van der Waals surface area contributed by atoms with Crippen LogP contribution in [0.1, 0.15) is 35.4 Å². The number of carboxylic acids is 1. The van der Waals surface area contributed by atoms with Crippen LogP contribution in [0.15, 0.2) is 30.3 Å². The smallest absolute Gasteiger partial charge is 0.311 e. The van der Waals surface area contributed by atoms with Crippen molar-refractivity contribution < 1.29 is 14.7 Å². The van der Waals surface area contributed by atoms with Crippen molar-refractivity contribution in [1.82, 2.24) is 19.9 Å². The molecule has 25 heavy (non-hydrogen) atoms. The van der Waals surface area contributed by atoms with Gasteiger partial charge in [0.2, 0.25) is 0 Å². The van der Waals surface area contributed by atoms with Crippen LogP contribution in [-0.4, -0.2) is 50.0 Å². The SMILES string of the molecule is Cc1c(C(=O)N2C[C@@H]3CCC[C@@]3(C(=O)O)C2)nnn1-c1ccccc1. The van der Waals surface area contributed by atoms with Crippen LogP contribution in [0.5, 0.6) is 0 Å². The van der Waals surface area contributed by atoms with Gasteiger partial charge in [0.25, 0.3) is 5.91 Å². The molecular formula is C18H20N4O3. The predicted molar refractivity (Wildman–Crippen MR) is 89.4 cm³/mol. The van der Waals surface area contributed by atoms with E-state index in [0.717, 1.165) is 18.5 Å². The summed E-state index contributed by atoms with van der Waals surface area (Å²) < 4.78 is 1.64. The van der Waals surface area contributed by atoms with Gasteiger partial charge in [-0.2, -0.15) is 0 Å². The van der Waals surface area contributed by atoms with Gasteiger partial charge in [-0.25, -0.2) is 4.68 Å². The molecule has 1 saturated heterocycles. The lowest BCUT2D eigenvalue weighted by Gasteiger charge is -2.23. The Labute approximate surface area is 145 Å². The van der Waals surface area contributed by atoms with Crippen LogP contribution in [0.4, 0.5) is 0 Å². The minimum atomic E-state index is -0.782. The van der Waals surface area contributed by atoms with Gasteiger partial charge in [0.1, 0.15) is 0 Å². The monoisotopic (exact) mass is 340 g/mol. The third-order valence-electron chi connectivity index (χ3n) is 5.68. The van der Waals surface area contributed by atoms with E-state index in [-0.39, 0.29) is 18.4 Å². The lowest BCUT2D eigenvalue weighted by atomic mass is 9.81. The van der Waals surface area contributed by atoms with E-state index in [1.165, 1.54) is 0 Å². The summed E-state index contributed by atoms with van der Waals surface area (Å²) in [6.45, 7) is 2.57. The Morgan fingerprint density at radius 3 is 2.72 bits per heavy atom. The molecule has 1 aromatic carbocycles. The summed E-state index contributed by atoms with van der Waals surface area (Å²) in [6.07, 6.45) is 2.43. The van der Waals surface area contributed by atoms with Gasteiger partial charge < -0.3 is 10.0 Å². The third kappa shape index (κ3) is 2.33. The molecule has 130 valence electrons. The second kappa shape index (κ2) is 5.68. The number of carboxylic acid groups (broad SMARTS) is 1. The molecule has 2 atom stereocenters. The van der Waals surface area contributed by atoms with Crippen LogP contribution in [0.2, 0.25) is 0 Å². The van der Waals surface area contributed by atoms with E-state index in [1.807, 2.05) is 37.3 Å². The van der Waals surface area contributed by atoms with Crippen molar-refractivity contribution in [2.24, 2.45) is 11.3 Å². The molecule has 0 unspecified atom stereocenters. The summed E-state index contributed by atoms with van der Waals surface area (Å²) in [7, 11) is 0. The highest BCUT2D eigenvalue weighted by Crippen LogP contribution is 2.49. The number of carbonyl (C=O) groups is 2. The van der Waals surface area contributed by atoms with Crippen molar-refractivity contribution >= 4 is 11.9 Å². The summed E-state index contributed by atoms with van der Waals surface area (Å²) in [5.74, 6) is -0.969. The lowest BCUT2D eigenvalue weighted by Crippen LogP contribution is -2.37. The number of aliphatic carboxylic acids is 1. The molecule has 2 aromatic rings. The van der Waals surface area contributed by atoms with Gasteiger partial charge >= 0.3 is 5.97 Å². The Hall–Kier alpha value is -2.70. The molecule has 1 aliphatic heterocycles. The first kappa shape index (κ1) is 15.8. The maximum Gasteiger partial charge on any atom is 0.311 e. The zero-order valence-corrected chi connectivity index (χ0v) is 14.1. The van der Waals surface area contributed by atoms with E-state index in [2.05, 4.69) is 10.3 Å². The normalized spacial score (nSPS) is 25.2. The zero-order chi connectivity index (χ0) is 17.6. The molecule has 4 rings (SSSR count). The fourth-order valence-electron chi connectivity index (χ4n) is 4.28. The number of carbonyl (C=O) groups excluding carboxylic acids is 1. The molecule has 7 nitrogen and oxygen atoms in total. The molecule has 0 spiro atoms. The van der Waals surface area contributed by atoms with Crippen LogP contribution in [0.3, 0.4) is 0 Å². The van der Waals surface area contributed by atoms with Crippen LogP contribution >= 0.6 is 0 Å². The third-order valence-corrected chi connectivity index (χ3v) is 5.68. The first-order valence-corrected chi connectivity index (χ1v) is 8.53. The van der Waals surface area contributed by atoms with Gasteiger partial charge in [0, 0.05) is 13.1 Å². The van der Waals surface area contributed by atoms with Gasteiger partial charge in [-0.15, -0.1) is 5.10 Å². The molecule has 1 amide bonds. The quantitative estimate of drug-likeness (QED) is 0.922. The predicted octanol–water partition coefficient (Wildman–Crippen LogP) is 1.90. The van der Waals surface area contributed by atoms with Gasteiger partial charge in [0.15, 0.2) is 5.69 Å². The van der Waals surface area contributed by atoms with Crippen LogP contribution in [-0.2, 0) is 4.79 Å². The summed E-state index contributed by atoms with van der Waals surface area (Å²) in [5.41, 5.74) is 1.02. The van der Waals surface area contributed by atoms with Crippen molar-refractivity contribution in [3.8, 4) is 5.69 Å². The highest BCUT2D eigenvalue weighted by Gasteiger charge is 2.56. The average Bonchev–Trinajstić information content (AvgIpc) is 3.27. The Kier molecular flexibility index (Phi) is 3.59. The number of fused-ring (bicyclic) bond motifs is 1.